The number of ether oxygens (including phenoxy) is 2. The molecule has 1 unspecified atom stereocenters. The first-order chi connectivity index (χ1) is 9.22. The molecular formula is C14H25NO4. The van der Waals surface area contributed by atoms with E-state index in [9.17, 15) is 9.59 Å². The van der Waals surface area contributed by atoms with Gasteiger partial charge in [0.05, 0.1) is 12.7 Å². The van der Waals surface area contributed by atoms with Crippen molar-refractivity contribution in [2.24, 2.45) is 0 Å². The van der Waals surface area contributed by atoms with Crippen LogP contribution >= 0.6 is 0 Å². The summed E-state index contributed by atoms with van der Waals surface area (Å²) in [6.45, 7) is 3.55. The highest BCUT2D eigenvalue weighted by Crippen LogP contribution is 2.16. The molecule has 110 valence electrons. The number of nitrogens with one attached hydrogen (secondary N) is 1. The molecule has 5 nitrogen and oxygen atoms in total. The van der Waals surface area contributed by atoms with Crippen LogP contribution in [0.1, 0.15) is 51.9 Å². The van der Waals surface area contributed by atoms with E-state index in [1.807, 2.05) is 0 Å². The SMILES string of the molecule is CCOC(=O)CCCNC(=O)CCC1CCCCO1. The molecule has 0 aromatic rings. The first kappa shape index (κ1) is 16.0. The van der Waals surface area contributed by atoms with Crippen LogP contribution in [-0.4, -0.2) is 37.7 Å². The van der Waals surface area contributed by atoms with Gasteiger partial charge in [0, 0.05) is 26.0 Å². The zero-order chi connectivity index (χ0) is 13.9. The number of carbonyl (C=O) groups is 2. The van der Waals surface area contributed by atoms with Crippen molar-refractivity contribution in [1.82, 2.24) is 5.32 Å². The Bertz CT molecular complexity index is 275. The van der Waals surface area contributed by atoms with Gasteiger partial charge in [-0.3, -0.25) is 9.59 Å². The second kappa shape index (κ2) is 9.78. The van der Waals surface area contributed by atoms with Crippen molar-refractivity contribution in [1.29, 1.82) is 0 Å². The number of rotatable bonds is 8. The van der Waals surface area contributed by atoms with Crippen molar-refractivity contribution in [3.05, 3.63) is 0 Å². The maximum absolute atomic E-state index is 11.6. The average Bonchev–Trinajstić information content (AvgIpc) is 2.43. The second-order valence-electron chi connectivity index (χ2n) is 4.79. The van der Waals surface area contributed by atoms with Gasteiger partial charge in [0.15, 0.2) is 0 Å². The van der Waals surface area contributed by atoms with Gasteiger partial charge in [0.2, 0.25) is 5.91 Å². The molecule has 1 saturated heterocycles. The highest BCUT2D eigenvalue weighted by molar-refractivity contribution is 5.76. The zero-order valence-electron chi connectivity index (χ0n) is 11.8. The van der Waals surface area contributed by atoms with E-state index in [1.54, 1.807) is 6.92 Å². The molecular weight excluding hydrogens is 246 g/mol. The van der Waals surface area contributed by atoms with E-state index in [4.69, 9.17) is 9.47 Å². The van der Waals surface area contributed by atoms with Crippen LogP contribution in [0.5, 0.6) is 0 Å². The lowest BCUT2D eigenvalue weighted by Gasteiger charge is -2.22. The molecule has 5 heteroatoms. The number of carbonyl (C=O) groups excluding carboxylic acids is 2. The summed E-state index contributed by atoms with van der Waals surface area (Å²) in [5.74, 6) is -0.162. The van der Waals surface area contributed by atoms with E-state index in [-0.39, 0.29) is 18.0 Å². The lowest BCUT2D eigenvalue weighted by Crippen LogP contribution is -2.27. The third kappa shape index (κ3) is 7.82. The minimum absolute atomic E-state index is 0.0398. The standard InChI is InChI=1S/C14H25NO4/c1-2-18-14(17)7-5-10-15-13(16)9-8-12-6-3-4-11-19-12/h12H,2-11H2,1H3,(H,15,16). The third-order valence-electron chi connectivity index (χ3n) is 3.15. The summed E-state index contributed by atoms with van der Waals surface area (Å²) >= 11 is 0. The van der Waals surface area contributed by atoms with Crippen LogP contribution in [0.25, 0.3) is 0 Å². The zero-order valence-corrected chi connectivity index (χ0v) is 11.8. The van der Waals surface area contributed by atoms with Gasteiger partial charge in [-0.05, 0) is 39.0 Å². The molecule has 1 amide bonds. The Morgan fingerprint density at radius 1 is 1.32 bits per heavy atom. The third-order valence-corrected chi connectivity index (χ3v) is 3.15. The van der Waals surface area contributed by atoms with E-state index in [0.29, 0.717) is 32.4 Å². The lowest BCUT2D eigenvalue weighted by molar-refractivity contribution is -0.143. The van der Waals surface area contributed by atoms with Gasteiger partial charge in [-0.1, -0.05) is 0 Å². The van der Waals surface area contributed by atoms with Crippen molar-refractivity contribution in [3.8, 4) is 0 Å². The van der Waals surface area contributed by atoms with Crippen LogP contribution < -0.4 is 5.32 Å². The minimum Gasteiger partial charge on any atom is -0.466 e. The van der Waals surface area contributed by atoms with Crippen LogP contribution in [0.2, 0.25) is 0 Å². The number of hydrogen-bond acceptors (Lipinski definition) is 4. The van der Waals surface area contributed by atoms with Crippen molar-refractivity contribution >= 4 is 11.9 Å². The fourth-order valence-electron chi connectivity index (χ4n) is 2.11. The fourth-order valence-corrected chi connectivity index (χ4v) is 2.11. The van der Waals surface area contributed by atoms with Gasteiger partial charge in [-0.25, -0.2) is 0 Å². The Morgan fingerprint density at radius 3 is 2.84 bits per heavy atom. The molecule has 1 heterocycles. The quantitative estimate of drug-likeness (QED) is 0.540. The number of esters is 1. The summed E-state index contributed by atoms with van der Waals surface area (Å²) in [5.41, 5.74) is 0. The van der Waals surface area contributed by atoms with Crippen LogP contribution in [-0.2, 0) is 19.1 Å². The maximum Gasteiger partial charge on any atom is 0.305 e. The molecule has 1 N–H and O–H groups in total. The Labute approximate surface area is 115 Å². The number of amides is 1. The molecule has 0 aromatic heterocycles. The summed E-state index contributed by atoms with van der Waals surface area (Å²) in [6, 6.07) is 0. The van der Waals surface area contributed by atoms with Gasteiger partial charge in [-0.15, -0.1) is 0 Å². The highest BCUT2D eigenvalue weighted by Gasteiger charge is 2.15. The molecule has 1 aliphatic rings. The summed E-state index contributed by atoms with van der Waals surface area (Å²) < 4.78 is 10.4. The molecule has 0 bridgehead atoms. The summed E-state index contributed by atoms with van der Waals surface area (Å²) in [6.07, 6.45) is 5.94. The van der Waals surface area contributed by atoms with Crippen molar-refractivity contribution in [2.75, 3.05) is 19.8 Å². The Morgan fingerprint density at radius 2 is 2.16 bits per heavy atom. The van der Waals surface area contributed by atoms with Crippen LogP contribution in [0, 0.1) is 0 Å². The fraction of sp³-hybridized carbons (Fsp3) is 0.857. The average molecular weight is 271 g/mol. The first-order valence-corrected chi connectivity index (χ1v) is 7.26. The summed E-state index contributed by atoms with van der Waals surface area (Å²) in [7, 11) is 0. The van der Waals surface area contributed by atoms with E-state index in [2.05, 4.69) is 5.32 Å². The first-order valence-electron chi connectivity index (χ1n) is 7.26. The highest BCUT2D eigenvalue weighted by atomic mass is 16.5. The molecule has 1 fully saturated rings. The Balaban J connectivity index is 1.97. The molecule has 0 saturated carbocycles. The van der Waals surface area contributed by atoms with Gasteiger partial charge < -0.3 is 14.8 Å². The van der Waals surface area contributed by atoms with Crippen LogP contribution in [0.3, 0.4) is 0 Å². The smallest absolute Gasteiger partial charge is 0.305 e. The molecule has 19 heavy (non-hydrogen) atoms. The van der Waals surface area contributed by atoms with Gasteiger partial charge in [-0.2, -0.15) is 0 Å². The summed E-state index contributed by atoms with van der Waals surface area (Å²) in [4.78, 5) is 22.6. The predicted molar refractivity (Wildman–Crippen MR) is 71.7 cm³/mol. The van der Waals surface area contributed by atoms with E-state index >= 15 is 0 Å². The maximum atomic E-state index is 11.6. The monoisotopic (exact) mass is 271 g/mol. The van der Waals surface area contributed by atoms with Crippen LogP contribution in [0.4, 0.5) is 0 Å². The van der Waals surface area contributed by atoms with E-state index in [0.717, 1.165) is 25.9 Å². The Kier molecular flexibility index (Phi) is 8.21. The molecule has 1 aliphatic heterocycles. The molecule has 1 rings (SSSR count). The van der Waals surface area contributed by atoms with Crippen molar-refractivity contribution in [2.45, 2.75) is 58.0 Å². The van der Waals surface area contributed by atoms with Gasteiger partial charge in [0.25, 0.3) is 0 Å². The van der Waals surface area contributed by atoms with Crippen molar-refractivity contribution < 1.29 is 19.1 Å². The van der Waals surface area contributed by atoms with E-state index in [1.165, 1.54) is 6.42 Å². The van der Waals surface area contributed by atoms with Gasteiger partial charge in [0.1, 0.15) is 0 Å². The molecule has 0 radical (unpaired) electrons. The van der Waals surface area contributed by atoms with Crippen LogP contribution in [0.15, 0.2) is 0 Å². The normalized spacial score (nSPS) is 18.9. The molecule has 0 aliphatic carbocycles. The minimum atomic E-state index is -0.202. The summed E-state index contributed by atoms with van der Waals surface area (Å²) in [5, 5.41) is 2.82. The van der Waals surface area contributed by atoms with E-state index < -0.39 is 0 Å². The Hall–Kier alpha value is -1.10. The molecule has 0 aromatic carbocycles. The lowest BCUT2D eigenvalue weighted by atomic mass is 10.0. The largest absolute Gasteiger partial charge is 0.466 e. The molecule has 0 spiro atoms. The predicted octanol–water partition coefficient (Wildman–Crippen LogP) is 1.80. The topological polar surface area (TPSA) is 64.6 Å². The number of hydrogen-bond donors (Lipinski definition) is 1. The van der Waals surface area contributed by atoms with Gasteiger partial charge >= 0.3 is 5.97 Å². The second-order valence-corrected chi connectivity index (χ2v) is 4.79. The van der Waals surface area contributed by atoms with Crippen molar-refractivity contribution in [3.63, 3.8) is 0 Å². The molecule has 1 atom stereocenters.